The lowest BCUT2D eigenvalue weighted by molar-refractivity contribution is 0.0635. The smallest absolute Gasteiger partial charge is 0.119 e. The van der Waals surface area contributed by atoms with Crippen LogP contribution in [0, 0.1) is 0 Å². The Morgan fingerprint density at radius 2 is 1.51 bits per heavy atom. The molecule has 0 bridgehead atoms. The lowest BCUT2D eigenvalue weighted by Gasteiger charge is -2.25. The molecule has 4 heteroatoms. The van der Waals surface area contributed by atoms with Gasteiger partial charge in [0, 0.05) is 39.5 Å². The molecule has 0 aliphatic carbocycles. The van der Waals surface area contributed by atoms with Gasteiger partial charge < -0.3 is 14.4 Å². The van der Waals surface area contributed by atoms with Crippen LogP contribution in [0.3, 0.4) is 0 Å². The van der Waals surface area contributed by atoms with E-state index in [2.05, 4.69) is 111 Å². The van der Waals surface area contributed by atoms with Gasteiger partial charge in [-0.3, -0.25) is 4.90 Å². The van der Waals surface area contributed by atoms with Crippen LogP contribution in [0.15, 0.2) is 78.9 Å². The zero-order chi connectivity index (χ0) is 25.3. The van der Waals surface area contributed by atoms with Crippen LogP contribution in [0.4, 0.5) is 5.69 Å². The second kappa shape index (κ2) is 12.8. The van der Waals surface area contributed by atoms with Crippen LogP contribution in [0.2, 0.25) is 0 Å². The summed E-state index contributed by atoms with van der Waals surface area (Å²) < 4.78 is 11.8. The summed E-state index contributed by atoms with van der Waals surface area (Å²) in [6.07, 6.45) is -0.0212. The quantitative estimate of drug-likeness (QED) is 0.298. The first-order valence-electron chi connectivity index (χ1n) is 12.6. The number of methoxy groups -OCH3 is 1. The molecule has 0 saturated heterocycles. The second-order valence-corrected chi connectivity index (χ2v) is 10.3. The summed E-state index contributed by atoms with van der Waals surface area (Å²) in [6, 6.07) is 27.8. The summed E-state index contributed by atoms with van der Waals surface area (Å²) >= 11 is 0. The molecule has 0 radical (unpaired) electrons. The Hall–Kier alpha value is -2.82. The van der Waals surface area contributed by atoms with Gasteiger partial charge in [0.2, 0.25) is 0 Å². The van der Waals surface area contributed by atoms with Crippen molar-refractivity contribution in [2.75, 3.05) is 38.8 Å². The number of nitrogens with zero attached hydrogens (tertiary/aromatic N) is 2. The van der Waals surface area contributed by atoms with Crippen LogP contribution in [-0.2, 0) is 23.2 Å². The Bertz CT molecular complexity index is 1010. The summed E-state index contributed by atoms with van der Waals surface area (Å²) in [4.78, 5) is 4.65. The first-order chi connectivity index (χ1) is 16.8. The highest BCUT2D eigenvalue weighted by Gasteiger charge is 2.15. The molecule has 35 heavy (non-hydrogen) atoms. The van der Waals surface area contributed by atoms with Crippen molar-refractivity contribution in [2.45, 2.75) is 52.3 Å². The SMILES string of the molecule is CCN(Cc1ccc(C(C)(C)C)cc1)Cc1cccc(OCC(CN(C)c2ccccc2)OC)c1. The molecule has 4 nitrogen and oxygen atoms in total. The number of ether oxygens (including phenoxy) is 2. The summed E-state index contributed by atoms with van der Waals surface area (Å²) in [5.41, 5.74) is 5.33. The van der Waals surface area contributed by atoms with Gasteiger partial charge in [-0.05, 0) is 52.9 Å². The summed E-state index contributed by atoms with van der Waals surface area (Å²) in [5, 5.41) is 0. The van der Waals surface area contributed by atoms with Gasteiger partial charge in [-0.1, -0.05) is 82.3 Å². The molecule has 0 fully saturated rings. The molecular weight excluding hydrogens is 432 g/mol. The minimum atomic E-state index is -0.0212. The molecule has 3 aromatic rings. The highest BCUT2D eigenvalue weighted by atomic mass is 16.5. The third kappa shape index (κ3) is 8.41. The first-order valence-corrected chi connectivity index (χ1v) is 12.6. The molecule has 0 aromatic heterocycles. The molecule has 3 rings (SSSR count). The van der Waals surface area contributed by atoms with Crippen LogP contribution < -0.4 is 9.64 Å². The van der Waals surface area contributed by atoms with Gasteiger partial charge >= 0.3 is 0 Å². The third-order valence-electron chi connectivity index (χ3n) is 6.42. The molecule has 0 N–H and O–H groups in total. The van der Waals surface area contributed by atoms with E-state index in [1.165, 1.54) is 22.4 Å². The van der Waals surface area contributed by atoms with E-state index in [1.54, 1.807) is 7.11 Å². The van der Waals surface area contributed by atoms with Crippen molar-refractivity contribution in [3.8, 4) is 5.75 Å². The molecule has 0 amide bonds. The van der Waals surface area contributed by atoms with E-state index >= 15 is 0 Å². The molecule has 1 unspecified atom stereocenters. The maximum Gasteiger partial charge on any atom is 0.119 e. The standard InChI is InChI=1S/C31H42N2O2/c1-7-33(21-25-16-18-27(19-17-25)31(2,3)4)22-26-12-11-15-29(20-26)35-24-30(34-6)23-32(5)28-13-9-8-10-14-28/h8-20,30H,7,21-24H2,1-6H3. The maximum atomic E-state index is 6.14. The maximum absolute atomic E-state index is 6.14. The van der Waals surface area contributed by atoms with E-state index < -0.39 is 0 Å². The summed E-state index contributed by atoms with van der Waals surface area (Å²) in [6.45, 7) is 13.1. The number of hydrogen-bond donors (Lipinski definition) is 0. The first kappa shape index (κ1) is 26.8. The minimum Gasteiger partial charge on any atom is -0.491 e. The highest BCUT2D eigenvalue weighted by molar-refractivity contribution is 5.45. The van der Waals surface area contributed by atoms with Gasteiger partial charge in [0.15, 0.2) is 0 Å². The number of likely N-dealkylation sites (N-methyl/N-ethyl adjacent to an activating group) is 1. The predicted molar refractivity (Wildman–Crippen MR) is 147 cm³/mol. The molecule has 0 aliphatic heterocycles. The molecule has 188 valence electrons. The fraction of sp³-hybridized carbons (Fsp3) is 0.419. The molecule has 0 aliphatic rings. The zero-order valence-corrected chi connectivity index (χ0v) is 22.3. The van der Waals surface area contributed by atoms with Crippen molar-refractivity contribution >= 4 is 5.69 Å². The second-order valence-electron chi connectivity index (χ2n) is 10.3. The van der Waals surface area contributed by atoms with Gasteiger partial charge in [-0.15, -0.1) is 0 Å². The van der Waals surface area contributed by atoms with Gasteiger partial charge in [-0.2, -0.15) is 0 Å². The van der Waals surface area contributed by atoms with Crippen molar-refractivity contribution < 1.29 is 9.47 Å². The van der Waals surface area contributed by atoms with Crippen molar-refractivity contribution in [1.82, 2.24) is 4.90 Å². The van der Waals surface area contributed by atoms with E-state index in [0.717, 1.165) is 31.9 Å². The molecule has 1 atom stereocenters. The normalized spacial score (nSPS) is 12.5. The van der Waals surface area contributed by atoms with Crippen molar-refractivity contribution in [3.05, 3.63) is 95.6 Å². The lowest BCUT2D eigenvalue weighted by Crippen LogP contribution is -2.34. The Morgan fingerprint density at radius 1 is 0.829 bits per heavy atom. The summed E-state index contributed by atoms with van der Waals surface area (Å²) in [7, 11) is 3.83. The van der Waals surface area contributed by atoms with E-state index in [1.807, 2.05) is 12.1 Å². The van der Waals surface area contributed by atoms with Crippen molar-refractivity contribution in [3.63, 3.8) is 0 Å². The minimum absolute atomic E-state index is 0.0212. The van der Waals surface area contributed by atoms with Crippen LogP contribution in [-0.4, -0.2) is 44.9 Å². The van der Waals surface area contributed by atoms with Crippen molar-refractivity contribution in [1.29, 1.82) is 0 Å². The topological polar surface area (TPSA) is 24.9 Å². The Labute approximate surface area is 212 Å². The monoisotopic (exact) mass is 474 g/mol. The number of anilines is 1. The van der Waals surface area contributed by atoms with Gasteiger partial charge in [0.25, 0.3) is 0 Å². The van der Waals surface area contributed by atoms with Crippen LogP contribution >= 0.6 is 0 Å². The number of rotatable bonds is 12. The fourth-order valence-electron chi connectivity index (χ4n) is 4.12. The Kier molecular flexibility index (Phi) is 9.76. The van der Waals surface area contributed by atoms with E-state index in [-0.39, 0.29) is 11.5 Å². The average molecular weight is 475 g/mol. The number of benzene rings is 3. The molecule has 0 saturated carbocycles. The Morgan fingerprint density at radius 3 is 2.14 bits per heavy atom. The van der Waals surface area contributed by atoms with Crippen LogP contribution in [0.1, 0.15) is 44.4 Å². The zero-order valence-electron chi connectivity index (χ0n) is 22.3. The van der Waals surface area contributed by atoms with Gasteiger partial charge in [0.1, 0.15) is 18.5 Å². The van der Waals surface area contributed by atoms with E-state index in [9.17, 15) is 0 Å². The van der Waals surface area contributed by atoms with Gasteiger partial charge in [0.05, 0.1) is 0 Å². The van der Waals surface area contributed by atoms with Crippen LogP contribution in [0.25, 0.3) is 0 Å². The molecule has 0 spiro atoms. The third-order valence-corrected chi connectivity index (χ3v) is 6.42. The fourth-order valence-corrected chi connectivity index (χ4v) is 4.12. The van der Waals surface area contributed by atoms with Crippen LogP contribution in [0.5, 0.6) is 5.75 Å². The Balaban J connectivity index is 1.55. The summed E-state index contributed by atoms with van der Waals surface area (Å²) in [5.74, 6) is 0.887. The van der Waals surface area contributed by atoms with Gasteiger partial charge in [-0.25, -0.2) is 0 Å². The molecule has 0 heterocycles. The lowest BCUT2D eigenvalue weighted by atomic mass is 9.87. The number of hydrogen-bond acceptors (Lipinski definition) is 4. The largest absolute Gasteiger partial charge is 0.491 e. The predicted octanol–water partition coefficient (Wildman–Crippen LogP) is 6.54. The molecule has 3 aromatic carbocycles. The van der Waals surface area contributed by atoms with E-state index in [4.69, 9.17) is 9.47 Å². The van der Waals surface area contributed by atoms with Crippen molar-refractivity contribution in [2.24, 2.45) is 0 Å². The highest BCUT2D eigenvalue weighted by Crippen LogP contribution is 2.23. The number of para-hydroxylation sites is 1. The average Bonchev–Trinajstić information content (AvgIpc) is 2.86. The molecular formula is C31H42N2O2. The van der Waals surface area contributed by atoms with E-state index in [0.29, 0.717) is 6.61 Å².